The molecular formula is C17H21N5O3S2. The van der Waals surface area contributed by atoms with E-state index in [0.29, 0.717) is 24.7 Å². The normalized spacial score (nSPS) is 10.6. The van der Waals surface area contributed by atoms with E-state index in [2.05, 4.69) is 15.5 Å². The van der Waals surface area contributed by atoms with Crippen LogP contribution in [-0.4, -0.2) is 40.1 Å². The van der Waals surface area contributed by atoms with E-state index in [9.17, 15) is 9.59 Å². The highest BCUT2D eigenvalue weighted by Crippen LogP contribution is 2.27. The van der Waals surface area contributed by atoms with Crippen molar-refractivity contribution in [3.05, 3.63) is 33.7 Å². The van der Waals surface area contributed by atoms with E-state index in [1.165, 1.54) is 16.3 Å². The van der Waals surface area contributed by atoms with Crippen molar-refractivity contribution in [2.24, 2.45) is 0 Å². The molecule has 10 heteroatoms. The van der Waals surface area contributed by atoms with Gasteiger partial charge in [-0.2, -0.15) is 5.26 Å². The molecule has 1 heterocycles. The highest BCUT2D eigenvalue weighted by Gasteiger charge is 2.13. The van der Waals surface area contributed by atoms with Gasteiger partial charge in [-0.3, -0.25) is 9.36 Å². The molecule has 0 spiro atoms. The van der Waals surface area contributed by atoms with Gasteiger partial charge >= 0.3 is 5.69 Å². The third kappa shape index (κ3) is 5.89. The van der Waals surface area contributed by atoms with E-state index in [-0.39, 0.29) is 17.3 Å². The lowest BCUT2D eigenvalue weighted by atomic mass is 10.1. The van der Waals surface area contributed by atoms with Crippen molar-refractivity contribution >= 4 is 35.1 Å². The van der Waals surface area contributed by atoms with Crippen LogP contribution in [-0.2, 0) is 16.1 Å². The molecule has 0 unspecified atom stereocenters. The predicted octanol–water partition coefficient (Wildman–Crippen LogP) is 2.53. The third-order valence-corrected chi connectivity index (χ3v) is 5.26. The van der Waals surface area contributed by atoms with Crippen molar-refractivity contribution in [1.29, 1.82) is 5.26 Å². The van der Waals surface area contributed by atoms with Gasteiger partial charge < -0.3 is 10.1 Å². The van der Waals surface area contributed by atoms with Gasteiger partial charge in [0.25, 0.3) is 0 Å². The number of aryl methyl sites for hydroxylation is 2. The molecule has 8 nitrogen and oxygen atoms in total. The van der Waals surface area contributed by atoms with Crippen LogP contribution in [0.2, 0.25) is 0 Å². The Kier molecular flexibility index (Phi) is 7.97. The standard InChI is InChI=1S/C17H21N5O3S2/c1-11-7-13(27-10-18)8-12(2)15(11)19-14(23)9-26-17-21-20-16(24)22(17)5-4-6-25-3/h7-8H,4-6,9H2,1-3H3,(H,19,23)(H,20,24). The molecule has 0 atom stereocenters. The number of thiocyanates is 1. The lowest BCUT2D eigenvalue weighted by Crippen LogP contribution is -2.20. The highest BCUT2D eigenvalue weighted by molar-refractivity contribution is 8.03. The Morgan fingerprint density at radius 3 is 2.74 bits per heavy atom. The molecule has 0 fully saturated rings. The average Bonchev–Trinajstić information content (AvgIpc) is 2.97. The summed E-state index contributed by atoms with van der Waals surface area (Å²) in [6, 6.07) is 3.73. The molecule has 1 aromatic heterocycles. The monoisotopic (exact) mass is 407 g/mol. The zero-order chi connectivity index (χ0) is 19.8. The van der Waals surface area contributed by atoms with E-state index in [4.69, 9.17) is 10.00 Å². The molecule has 2 rings (SSSR count). The van der Waals surface area contributed by atoms with E-state index in [1.54, 1.807) is 7.11 Å². The number of nitrogens with one attached hydrogen (secondary N) is 2. The molecule has 0 radical (unpaired) electrons. The average molecular weight is 408 g/mol. The first kappa shape index (κ1) is 21.1. The molecule has 0 bridgehead atoms. The second-order valence-electron chi connectivity index (χ2n) is 5.77. The van der Waals surface area contributed by atoms with Gasteiger partial charge in [0, 0.05) is 30.8 Å². The first-order chi connectivity index (χ1) is 13.0. The van der Waals surface area contributed by atoms with Crippen LogP contribution in [0.5, 0.6) is 0 Å². The summed E-state index contributed by atoms with van der Waals surface area (Å²) in [5.41, 5.74) is 2.22. The number of aromatic nitrogens is 3. The van der Waals surface area contributed by atoms with Crippen molar-refractivity contribution in [2.45, 2.75) is 36.9 Å². The van der Waals surface area contributed by atoms with E-state index in [0.717, 1.165) is 33.5 Å². The van der Waals surface area contributed by atoms with Crippen LogP contribution >= 0.6 is 23.5 Å². The number of aromatic amines is 1. The first-order valence-electron chi connectivity index (χ1n) is 8.20. The molecule has 144 valence electrons. The Morgan fingerprint density at radius 2 is 2.11 bits per heavy atom. The topological polar surface area (TPSA) is 113 Å². The fourth-order valence-corrected chi connectivity index (χ4v) is 3.87. The second-order valence-corrected chi connectivity index (χ2v) is 7.57. The van der Waals surface area contributed by atoms with Crippen LogP contribution in [0.4, 0.5) is 5.69 Å². The summed E-state index contributed by atoms with van der Waals surface area (Å²) in [5, 5.41) is 20.6. The maximum absolute atomic E-state index is 12.3. The van der Waals surface area contributed by atoms with Crippen LogP contribution in [0.25, 0.3) is 0 Å². The lowest BCUT2D eigenvalue weighted by molar-refractivity contribution is -0.113. The minimum absolute atomic E-state index is 0.127. The Balaban J connectivity index is 2.00. The van der Waals surface area contributed by atoms with Crippen molar-refractivity contribution in [1.82, 2.24) is 14.8 Å². The number of anilines is 1. The summed E-state index contributed by atoms with van der Waals surface area (Å²) in [5.74, 6) is -0.0620. The largest absolute Gasteiger partial charge is 0.385 e. The van der Waals surface area contributed by atoms with Crippen LogP contribution < -0.4 is 11.0 Å². The number of carbonyl (C=O) groups is 1. The fraction of sp³-hybridized carbons (Fsp3) is 0.412. The molecule has 2 N–H and O–H groups in total. The first-order valence-corrected chi connectivity index (χ1v) is 10.0. The lowest BCUT2D eigenvalue weighted by Gasteiger charge is -2.13. The summed E-state index contributed by atoms with van der Waals surface area (Å²) in [4.78, 5) is 25.0. The minimum atomic E-state index is -0.300. The highest BCUT2D eigenvalue weighted by atomic mass is 32.2. The fourth-order valence-electron chi connectivity index (χ4n) is 2.52. The van der Waals surface area contributed by atoms with E-state index >= 15 is 0 Å². The summed E-state index contributed by atoms with van der Waals surface area (Å²) < 4.78 is 6.50. The SMILES string of the molecule is COCCCn1c(SCC(=O)Nc2c(C)cc(SC#N)cc2C)n[nH]c1=O. The van der Waals surface area contributed by atoms with Crippen LogP contribution in [0.15, 0.2) is 27.0 Å². The number of rotatable bonds is 9. The maximum Gasteiger partial charge on any atom is 0.343 e. The number of nitriles is 1. The molecule has 1 amide bonds. The molecule has 0 aliphatic heterocycles. The Labute approximate surface area is 165 Å². The molecule has 0 aliphatic rings. The Morgan fingerprint density at radius 1 is 1.41 bits per heavy atom. The zero-order valence-corrected chi connectivity index (χ0v) is 17.0. The Hall–Kier alpha value is -2.22. The molecule has 2 aromatic rings. The van der Waals surface area contributed by atoms with Crippen molar-refractivity contribution in [2.75, 3.05) is 24.8 Å². The number of benzene rings is 1. The summed E-state index contributed by atoms with van der Waals surface area (Å²) in [6.07, 6.45) is 0.682. The predicted molar refractivity (Wildman–Crippen MR) is 106 cm³/mol. The van der Waals surface area contributed by atoms with Crippen LogP contribution in [0.3, 0.4) is 0 Å². The van der Waals surface area contributed by atoms with Gasteiger partial charge in [-0.1, -0.05) is 11.8 Å². The summed E-state index contributed by atoms with van der Waals surface area (Å²) in [6.45, 7) is 4.79. The van der Waals surface area contributed by atoms with Gasteiger partial charge in [0.1, 0.15) is 5.40 Å². The number of nitrogens with zero attached hydrogens (tertiary/aromatic N) is 3. The number of methoxy groups -OCH3 is 1. The smallest absolute Gasteiger partial charge is 0.343 e. The number of carbonyl (C=O) groups excluding carboxylic acids is 1. The van der Waals surface area contributed by atoms with Crippen molar-refractivity contribution in [3.63, 3.8) is 0 Å². The van der Waals surface area contributed by atoms with Gasteiger partial charge in [-0.15, -0.1) is 5.10 Å². The quantitative estimate of drug-likeness (QED) is 0.373. The van der Waals surface area contributed by atoms with Gasteiger partial charge in [0.2, 0.25) is 5.91 Å². The van der Waals surface area contributed by atoms with Crippen LogP contribution in [0, 0.1) is 24.5 Å². The van der Waals surface area contributed by atoms with E-state index in [1.807, 2.05) is 31.4 Å². The van der Waals surface area contributed by atoms with Crippen molar-refractivity contribution in [3.8, 4) is 5.40 Å². The molecule has 0 saturated carbocycles. The van der Waals surface area contributed by atoms with Crippen LogP contribution in [0.1, 0.15) is 17.5 Å². The number of hydrogen-bond acceptors (Lipinski definition) is 7. The number of H-pyrrole nitrogens is 1. The zero-order valence-electron chi connectivity index (χ0n) is 15.4. The minimum Gasteiger partial charge on any atom is -0.385 e. The van der Waals surface area contributed by atoms with Gasteiger partial charge in [0.05, 0.1) is 5.75 Å². The van der Waals surface area contributed by atoms with E-state index < -0.39 is 0 Å². The van der Waals surface area contributed by atoms with Gasteiger partial charge in [0.15, 0.2) is 5.16 Å². The summed E-state index contributed by atoms with van der Waals surface area (Å²) >= 11 is 2.28. The molecule has 0 saturated heterocycles. The number of amides is 1. The van der Waals surface area contributed by atoms with Crippen molar-refractivity contribution < 1.29 is 9.53 Å². The summed E-state index contributed by atoms with van der Waals surface area (Å²) in [7, 11) is 1.60. The van der Waals surface area contributed by atoms with Gasteiger partial charge in [-0.05, 0) is 55.3 Å². The van der Waals surface area contributed by atoms with Gasteiger partial charge in [-0.25, -0.2) is 9.89 Å². The second kappa shape index (κ2) is 10.2. The maximum atomic E-state index is 12.3. The molecule has 0 aliphatic carbocycles. The molecular weight excluding hydrogens is 386 g/mol. The third-order valence-electron chi connectivity index (χ3n) is 3.72. The molecule has 27 heavy (non-hydrogen) atoms. The Bertz CT molecular complexity index is 878. The number of ether oxygens (including phenoxy) is 1. The number of hydrogen-bond donors (Lipinski definition) is 2. The number of thioether (sulfide) groups is 2. The molecule has 1 aromatic carbocycles.